The first-order valence-corrected chi connectivity index (χ1v) is 4.93. The average molecular weight is 202 g/mol. The van der Waals surface area contributed by atoms with E-state index in [9.17, 15) is 4.79 Å². The molecule has 0 spiro atoms. The van der Waals surface area contributed by atoms with Gasteiger partial charge in [-0.25, -0.2) is 5.48 Å². The van der Waals surface area contributed by atoms with Crippen molar-refractivity contribution in [2.24, 2.45) is 5.92 Å². The molecule has 0 unspecified atom stereocenters. The zero-order valence-corrected chi connectivity index (χ0v) is 8.53. The Bertz CT molecular complexity index is 179. The van der Waals surface area contributed by atoms with Gasteiger partial charge in [-0.3, -0.25) is 10.0 Å². The molecule has 1 fully saturated rings. The van der Waals surface area contributed by atoms with E-state index in [-0.39, 0.29) is 11.8 Å². The molecule has 0 bridgehead atoms. The van der Waals surface area contributed by atoms with Crippen LogP contribution in [0.3, 0.4) is 0 Å². The summed E-state index contributed by atoms with van der Waals surface area (Å²) in [6.45, 7) is 3.46. The van der Waals surface area contributed by atoms with Crippen LogP contribution in [0.5, 0.6) is 0 Å². The number of rotatable bonds is 4. The summed E-state index contributed by atoms with van der Waals surface area (Å²) < 4.78 is 4.98. The van der Waals surface area contributed by atoms with Crippen LogP contribution in [0.4, 0.5) is 0 Å². The molecule has 5 heteroatoms. The molecular formula is C9H18N2O3. The van der Waals surface area contributed by atoms with Gasteiger partial charge < -0.3 is 9.64 Å². The summed E-state index contributed by atoms with van der Waals surface area (Å²) in [5.74, 6) is -0.282. The normalized spacial score (nSPS) is 19.6. The topological polar surface area (TPSA) is 61.8 Å². The summed E-state index contributed by atoms with van der Waals surface area (Å²) in [5.41, 5.74) is 1.71. The van der Waals surface area contributed by atoms with Gasteiger partial charge in [0.15, 0.2) is 0 Å². The first-order chi connectivity index (χ1) is 6.77. The van der Waals surface area contributed by atoms with Crippen LogP contribution in [-0.4, -0.2) is 49.4 Å². The van der Waals surface area contributed by atoms with Crippen molar-refractivity contribution in [3.63, 3.8) is 0 Å². The predicted molar refractivity (Wildman–Crippen MR) is 51.0 cm³/mol. The SMILES string of the molecule is COCCN1CCC(C(=O)NO)CC1. The molecule has 0 saturated carbocycles. The summed E-state index contributed by atoms with van der Waals surface area (Å²) in [6.07, 6.45) is 1.63. The Morgan fingerprint density at radius 2 is 2.21 bits per heavy atom. The van der Waals surface area contributed by atoms with E-state index in [0.29, 0.717) is 0 Å². The number of hydroxylamine groups is 1. The van der Waals surface area contributed by atoms with Crippen LogP contribution in [0, 0.1) is 5.92 Å². The number of hydrogen-bond donors (Lipinski definition) is 2. The van der Waals surface area contributed by atoms with Crippen LogP contribution in [0.15, 0.2) is 0 Å². The second kappa shape index (κ2) is 5.95. The van der Waals surface area contributed by atoms with Gasteiger partial charge in [-0.2, -0.15) is 0 Å². The van der Waals surface area contributed by atoms with Crippen LogP contribution >= 0.6 is 0 Å². The lowest BCUT2D eigenvalue weighted by molar-refractivity contribution is -0.134. The maximum Gasteiger partial charge on any atom is 0.246 e. The molecule has 2 N–H and O–H groups in total. The number of carbonyl (C=O) groups is 1. The summed E-state index contributed by atoms with van der Waals surface area (Å²) in [6, 6.07) is 0. The lowest BCUT2D eigenvalue weighted by Gasteiger charge is -2.30. The maximum atomic E-state index is 11.1. The quantitative estimate of drug-likeness (QED) is 0.491. The van der Waals surface area contributed by atoms with Gasteiger partial charge in [-0.15, -0.1) is 0 Å². The van der Waals surface area contributed by atoms with Crippen molar-refractivity contribution in [3.05, 3.63) is 0 Å². The summed E-state index contributed by atoms with van der Waals surface area (Å²) in [5, 5.41) is 8.46. The van der Waals surface area contributed by atoms with Crippen molar-refractivity contribution >= 4 is 5.91 Å². The Kier molecular flexibility index (Phi) is 4.86. The van der Waals surface area contributed by atoms with Crippen molar-refractivity contribution in [3.8, 4) is 0 Å². The third kappa shape index (κ3) is 3.25. The van der Waals surface area contributed by atoms with E-state index in [2.05, 4.69) is 4.90 Å². The Labute approximate surface area is 84.0 Å². The molecule has 82 valence electrons. The Morgan fingerprint density at radius 1 is 1.57 bits per heavy atom. The van der Waals surface area contributed by atoms with Gasteiger partial charge in [-0.05, 0) is 25.9 Å². The number of hydrogen-bond acceptors (Lipinski definition) is 4. The van der Waals surface area contributed by atoms with Gasteiger partial charge in [0.25, 0.3) is 0 Å². The van der Waals surface area contributed by atoms with Crippen molar-refractivity contribution < 1.29 is 14.7 Å². The van der Waals surface area contributed by atoms with E-state index in [0.717, 1.165) is 39.1 Å². The van der Waals surface area contributed by atoms with Crippen LogP contribution in [0.2, 0.25) is 0 Å². The molecule has 1 amide bonds. The van der Waals surface area contributed by atoms with Gasteiger partial charge in [0.2, 0.25) is 5.91 Å². The highest BCUT2D eigenvalue weighted by Crippen LogP contribution is 2.16. The standard InChI is InChI=1S/C9H18N2O3/c1-14-7-6-11-4-2-8(3-5-11)9(12)10-13/h8,13H,2-7H2,1H3,(H,10,12). The predicted octanol–water partition coefficient (Wildman–Crippen LogP) is -0.150. The highest BCUT2D eigenvalue weighted by atomic mass is 16.5. The minimum absolute atomic E-state index is 0.0289. The Morgan fingerprint density at radius 3 is 2.71 bits per heavy atom. The van der Waals surface area contributed by atoms with Crippen molar-refractivity contribution in [2.75, 3.05) is 33.4 Å². The van der Waals surface area contributed by atoms with Crippen LogP contribution < -0.4 is 5.48 Å². The maximum absolute atomic E-state index is 11.1. The average Bonchev–Trinajstić information content (AvgIpc) is 2.26. The molecule has 1 aliphatic heterocycles. The molecule has 0 atom stereocenters. The van der Waals surface area contributed by atoms with Crippen LogP contribution in [0.1, 0.15) is 12.8 Å². The number of piperidine rings is 1. The molecule has 0 aliphatic carbocycles. The molecule has 0 aromatic rings. The van der Waals surface area contributed by atoms with Gasteiger partial charge in [0, 0.05) is 19.6 Å². The van der Waals surface area contributed by atoms with Crippen LogP contribution in [-0.2, 0) is 9.53 Å². The molecule has 0 aromatic carbocycles. The minimum atomic E-state index is -0.253. The highest BCUT2D eigenvalue weighted by Gasteiger charge is 2.24. The molecule has 1 rings (SSSR count). The largest absolute Gasteiger partial charge is 0.383 e. The highest BCUT2D eigenvalue weighted by molar-refractivity contribution is 5.77. The molecule has 0 aromatic heterocycles. The second-order valence-corrected chi connectivity index (χ2v) is 3.58. The number of nitrogens with zero attached hydrogens (tertiary/aromatic N) is 1. The number of nitrogens with one attached hydrogen (secondary N) is 1. The number of amides is 1. The van der Waals surface area contributed by atoms with Crippen molar-refractivity contribution in [1.82, 2.24) is 10.4 Å². The number of ether oxygens (including phenoxy) is 1. The lowest BCUT2D eigenvalue weighted by Crippen LogP contribution is -2.40. The molecule has 14 heavy (non-hydrogen) atoms. The van der Waals surface area contributed by atoms with E-state index < -0.39 is 0 Å². The first-order valence-electron chi connectivity index (χ1n) is 4.93. The lowest BCUT2D eigenvalue weighted by atomic mass is 9.96. The number of methoxy groups -OCH3 is 1. The van der Waals surface area contributed by atoms with E-state index >= 15 is 0 Å². The molecular weight excluding hydrogens is 184 g/mol. The molecule has 1 aliphatic rings. The Balaban J connectivity index is 2.20. The summed E-state index contributed by atoms with van der Waals surface area (Å²) in [7, 11) is 1.69. The minimum Gasteiger partial charge on any atom is -0.383 e. The van der Waals surface area contributed by atoms with Crippen LogP contribution in [0.25, 0.3) is 0 Å². The summed E-state index contributed by atoms with van der Waals surface area (Å²) in [4.78, 5) is 13.4. The summed E-state index contributed by atoms with van der Waals surface area (Å²) >= 11 is 0. The van der Waals surface area contributed by atoms with E-state index in [4.69, 9.17) is 9.94 Å². The smallest absolute Gasteiger partial charge is 0.246 e. The van der Waals surface area contributed by atoms with E-state index in [1.165, 1.54) is 0 Å². The van der Waals surface area contributed by atoms with E-state index in [1.54, 1.807) is 12.6 Å². The third-order valence-electron chi connectivity index (χ3n) is 2.68. The van der Waals surface area contributed by atoms with Gasteiger partial charge in [0.1, 0.15) is 0 Å². The second-order valence-electron chi connectivity index (χ2n) is 3.58. The van der Waals surface area contributed by atoms with Crippen molar-refractivity contribution in [2.45, 2.75) is 12.8 Å². The Hall–Kier alpha value is -0.650. The molecule has 1 heterocycles. The zero-order valence-electron chi connectivity index (χ0n) is 8.53. The number of likely N-dealkylation sites (tertiary alicyclic amines) is 1. The molecule has 5 nitrogen and oxygen atoms in total. The van der Waals surface area contributed by atoms with Gasteiger partial charge in [-0.1, -0.05) is 0 Å². The third-order valence-corrected chi connectivity index (χ3v) is 2.68. The monoisotopic (exact) mass is 202 g/mol. The zero-order chi connectivity index (χ0) is 10.4. The van der Waals surface area contributed by atoms with Gasteiger partial charge in [0.05, 0.1) is 6.61 Å². The molecule has 0 radical (unpaired) electrons. The van der Waals surface area contributed by atoms with Gasteiger partial charge >= 0.3 is 0 Å². The number of carbonyl (C=O) groups excluding carboxylic acids is 1. The van der Waals surface area contributed by atoms with Crippen molar-refractivity contribution in [1.29, 1.82) is 0 Å². The molecule has 1 saturated heterocycles. The first kappa shape index (κ1) is 11.4. The van der Waals surface area contributed by atoms with E-state index in [1.807, 2.05) is 0 Å². The fraction of sp³-hybridized carbons (Fsp3) is 0.889. The fourth-order valence-corrected chi connectivity index (χ4v) is 1.73. The fourth-order valence-electron chi connectivity index (χ4n) is 1.73.